The smallest absolute Gasteiger partial charge is 0.116 e. The number of fused-ring (bicyclic) bond motifs is 2. The summed E-state index contributed by atoms with van der Waals surface area (Å²) >= 11 is 0. The zero-order valence-corrected chi connectivity index (χ0v) is 17.7. The number of hydrogen-bond acceptors (Lipinski definition) is 3. The van der Waals surface area contributed by atoms with E-state index in [0.717, 1.165) is 35.1 Å². The maximum atomic E-state index is 10.1. The van der Waals surface area contributed by atoms with Crippen molar-refractivity contribution in [1.82, 2.24) is 9.88 Å². The SMILES string of the molecule is CN(C)CC1=C(c2cccc(O)c2)c2cc3ccccc3nc2CC1(C)C.Cl. The van der Waals surface area contributed by atoms with Gasteiger partial charge >= 0.3 is 0 Å². The molecule has 0 saturated carbocycles. The number of hydrogen-bond donors (Lipinski definition) is 1. The molecule has 0 bridgehead atoms. The number of aromatic nitrogens is 1. The Morgan fingerprint density at radius 1 is 1.04 bits per heavy atom. The largest absolute Gasteiger partial charge is 0.508 e. The number of phenolic OH excluding ortho intramolecular Hbond substituents is 1. The first-order valence-electron chi connectivity index (χ1n) is 9.42. The minimum absolute atomic E-state index is 0. The van der Waals surface area contributed by atoms with E-state index in [1.807, 2.05) is 18.2 Å². The normalized spacial score (nSPS) is 15.5. The van der Waals surface area contributed by atoms with Gasteiger partial charge in [0.05, 0.1) is 5.52 Å². The first-order chi connectivity index (χ1) is 12.8. The highest BCUT2D eigenvalue weighted by Gasteiger charge is 2.35. The average molecular weight is 395 g/mol. The number of rotatable bonds is 3. The van der Waals surface area contributed by atoms with Crippen LogP contribution in [0.3, 0.4) is 0 Å². The van der Waals surface area contributed by atoms with Crippen LogP contribution < -0.4 is 0 Å². The standard InChI is InChI=1S/C24H26N2O.ClH/c1-24(2)14-22-19(13-16-8-5-6-11-21(16)25-22)23(20(24)15-26(3)4)17-9-7-10-18(27)12-17;/h5-13,27H,14-15H2,1-4H3;1H. The summed E-state index contributed by atoms with van der Waals surface area (Å²) in [6.07, 6.45) is 0.915. The Labute approximate surface area is 173 Å². The number of benzene rings is 2. The van der Waals surface area contributed by atoms with E-state index in [0.29, 0.717) is 5.75 Å². The lowest BCUT2D eigenvalue weighted by Gasteiger charge is -2.38. The molecule has 1 aromatic heterocycles. The van der Waals surface area contributed by atoms with Crippen LogP contribution >= 0.6 is 12.4 Å². The van der Waals surface area contributed by atoms with Crippen LogP contribution in [-0.4, -0.2) is 35.6 Å². The van der Waals surface area contributed by atoms with Crippen molar-refractivity contribution in [2.24, 2.45) is 5.41 Å². The molecule has 1 aliphatic rings. The molecule has 2 aromatic carbocycles. The van der Waals surface area contributed by atoms with Crippen molar-refractivity contribution in [2.45, 2.75) is 20.3 Å². The third-order valence-corrected chi connectivity index (χ3v) is 5.41. The van der Waals surface area contributed by atoms with Crippen LogP contribution in [0.5, 0.6) is 5.75 Å². The number of phenols is 1. The van der Waals surface area contributed by atoms with Gasteiger partial charge in [-0.05, 0) is 66.9 Å². The molecule has 0 atom stereocenters. The van der Waals surface area contributed by atoms with Crippen LogP contribution in [0, 0.1) is 5.41 Å². The average Bonchev–Trinajstić information content (AvgIpc) is 2.60. The molecule has 3 aromatic rings. The Bertz CT molecular complexity index is 1050. The van der Waals surface area contributed by atoms with Crippen molar-refractivity contribution in [3.8, 4) is 5.75 Å². The summed E-state index contributed by atoms with van der Waals surface area (Å²) in [5, 5.41) is 11.3. The van der Waals surface area contributed by atoms with Crippen LogP contribution in [0.4, 0.5) is 0 Å². The van der Waals surface area contributed by atoms with E-state index in [1.54, 1.807) is 6.07 Å². The van der Waals surface area contributed by atoms with Gasteiger partial charge in [-0.1, -0.05) is 44.2 Å². The van der Waals surface area contributed by atoms with Gasteiger partial charge in [0.25, 0.3) is 0 Å². The highest BCUT2D eigenvalue weighted by Crippen LogP contribution is 2.45. The van der Waals surface area contributed by atoms with E-state index in [9.17, 15) is 5.11 Å². The zero-order valence-electron chi connectivity index (χ0n) is 16.9. The third-order valence-electron chi connectivity index (χ3n) is 5.41. The summed E-state index contributed by atoms with van der Waals surface area (Å²) < 4.78 is 0. The van der Waals surface area contributed by atoms with Gasteiger partial charge in [-0.2, -0.15) is 0 Å². The quantitative estimate of drug-likeness (QED) is 0.654. The molecule has 0 amide bonds. The Kier molecular flexibility index (Phi) is 5.51. The van der Waals surface area contributed by atoms with Gasteiger partial charge in [-0.15, -0.1) is 12.4 Å². The number of likely N-dealkylation sites (N-methyl/N-ethyl adjacent to an activating group) is 1. The molecule has 0 fully saturated rings. The van der Waals surface area contributed by atoms with E-state index in [1.165, 1.54) is 16.7 Å². The second-order valence-corrected chi connectivity index (χ2v) is 8.38. The van der Waals surface area contributed by atoms with E-state index in [4.69, 9.17) is 4.98 Å². The lowest BCUT2D eigenvalue weighted by atomic mass is 9.69. The van der Waals surface area contributed by atoms with Crippen molar-refractivity contribution >= 4 is 28.9 Å². The van der Waals surface area contributed by atoms with Crippen LogP contribution in [0.25, 0.3) is 16.5 Å². The Hall–Kier alpha value is -2.36. The molecule has 1 aliphatic carbocycles. The topological polar surface area (TPSA) is 36.4 Å². The summed E-state index contributed by atoms with van der Waals surface area (Å²) in [7, 11) is 4.22. The van der Waals surface area contributed by atoms with E-state index < -0.39 is 0 Å². The van der Waals surface area contributed by atoms with Crippen LogP contribution in [0.2, 0.25) is 0 Å². The molecule has 3 nitrogen and oxygen atoms in total. The minimum atomic E-state index is -0.00643. The van der Waals surface area contributed by atoms with Crippen LogP contribution in [0.15, 0.2) is 60.2 Å². The summed E-state index contributed by atoms with van der Waals surface area (Å²) in [5.41, 5.74) is 7.02. The molecule has 4 heteroatoms. The first-order valence-corrected chi connectivity index (χ1v) is 9.42. The highest BCUT2D eigenvalue weighted by molar-refractivity contribution is 5.91. The molecular weight excluding hydrogens is 368 g/mol. The molecule has 1 heterocycles. The molecule has 28 heavy (non-hydrogen) atoms. The maximum absolute atomic E-state index is 10.1. The zero-order chi connectivity index (χ0) is 19.2. The number of pyridine rings is 1. The lowest BCUT2D eigenvalue weighted by molar-refractivity contribution is 0.359. The predicted molar refractivity (Wildman–Crippen MR) is 119 cm³/mol. The number of halogens is 1. The predicted octanol–water partition coefficient (Wildman–Crippen LogP) is 5.31. The fourth-order valence-corrected chi connectivity index (χ4v) is 4.13. The summed E-state index contributed by atoms with van der Waals surface area (Å²) in [5.74, 6) is 0.294. The van der Waals surface area contributed by atoms with Crippen molar-refractivity contribution < 1.29 is 5.11 Å². The Morgan fingerprint density at radius 3 is 2.50 bits per heavy atom. The van der Waals surface area contributed by atoms with Gasteiger partial charge in [0.15, 0.2) is 0 Å². The molecule has 0 unspecified atom stereocenters. The highest BCUT2D eigenvalue weighted by atomic mass is 35.5. The van der Waals surface area contributed by atoms with Crippen molar-refractivity contribution in [2.75, 3.05) is 20.6 Å². The molecule has 0 aliphatic heterocycles. The molecule has 0 saturated heterocycles. The van der Waals surface area contributed by atoms with Crippen molar-refractivity contribution in [3.63, 3.8) is 0 Å². The fourth-order valence-electron chi connectivity index (χ4n) is 4.13. The molecule has 0 radical (unpaired) electrons. The van der Waals surface area contributed by atoms with Gasteiger partial charge < -0.3 is 10.0 Å². The number of nitrogens with zero attached hydrogens (tertiary/aromatic N) is 2. The number of aromatic hydroxyl groups is 1. The van der Waals surface area contributed by atoms with E-state index in [2.05, 4.69) is 63.2 Å². The Balaban J connectivity index is 0.00000225. The molecule has 1 N–H and O–H groups in total. The summed E-state index contributed by atoms with van der Waals surface area (Å²) in [4.78, 5) is 7.23. The summed E-state index contributed by atoms with van der Waals surface area (Å²) in [6, 6.07) is 18.2. The van der Waals surface area contributed by atoms with Crippen molar-refractivity contribution in [1.29, 1.82) is 0 Å². The molecule has 4 rings (SSSR count). The minimum Gasteiger partial charge on any atom is -0.508 e. The van der Waals surface area contributed by atoms with Gasteiger partial charge in [-0.3, -0.25) is 4.98 Å². The van der Waals surface area contributed by atoms with E-state index in [-0.39, 0.29) is 17.8 Å². The third kappa shape index (κ3) is 3.65. The van der Waals surface area contributed by atoms with Crippen molar-refractivity contribution in [3.05, 3.63) is 77.0 Å². The van der Waals surface area contributed by atoms with Crippen LogP contribution in [-0.2, 0) is 6.42 Å². The van der Waals surface area contributed by atoms with Gasteiger partial charge in [0.1, 0.15) is 5.75 Å². The number of para-hydroxylation sites is 1. The van der Waals surface area contributed by atoms with Crippen LogP contribution in [0.1, 0.15) is 30.7 Å². The molecule has 146 valence electrons. The van der Waals surface area contributed by atoms with Gasteiger partial charge in [0.2, 0.25) is 0 Å². The molecule has 0 spiro atoms. The second kappa shape index (κ2) is 7.57. The maximum Gasteiger partial charge on any atom is 0.116 e. The second-order valence-electron chi connectivity index (χ2n) is 8.38. The van der Waals surface area contributed by atoms with Gasteiger partial charge in [-0.25, -0.2) is 0 Å². The van der Waals surface area contributed by atoms with E-state index >= 15 is 0 Å². The fraction of sp³-hybridized carbons (Fsp3) is 0.292. The lowest BCUT2D eigenvalue weighted by Crippen LogP contribution is -2.32. The summed E-state index contributed by atoms with van der Waals surface area (Å²) in [6.45, 7) is 5.48. The molecular formula is C24H27ClN2O. The Morgan fingerprint density at radius 2 is 1.79 bits per heavy atom. The first kappa shape index (κ1) is 20.4. The monoisotopic (exact) mass is 394 g/mol. The van der Waals surface area contributed by atoms with Gasteiger partial charge in [0, 0.05) is 23.2 Å².